The molecule has 2 aromatic rings. The predicted octanol–water partition coefficient (Wildman–Crippen LogP) is 1.46. The van der Waals surface area contributed by atoms with E-state index in [-0.39, 0.29) is 0 Å². The summed E-state index contributed by atoms with van der Waals surface area (Å²) in [6, 6.07) is 0. The van der Waals surface area contributed by atoms with Crippen LogP contribution in [-0.2, 0) is 6.54 Å². The van der Waals surface area contributed by atoms with E-state index in [1.165, 1.54) is 6.33 Å². The van der Waals surface area contributed by atoms with Crippen molar-refractivity contribution in [2.45, 2.75) is 13.0 Å². The van der Waals surface area contributed by atoms with E-state index in [4.69, 9.17) is 11.6 Å². The molecule has 0 N–H and O–H groups in total. The third-order valence-corrected chi connectivity index (χ3v) is 2.08. The molecule has 0 aromatic carbocycles. The number of aryl methyl sites for hydroxylation is 1. The van der Waals surface area contributed by atoms with Crippen LogP contribution in [0.4, 0.5) is 0 Å². The molecular formula is C8H9ClN4. The lowest BCUT2D eigenvalue weighted by Crippen LogP contribution is -1.97. The maximum absolute atomic E-state index is 5.60. The molecule has 0 spiro atoms. The van der Waals surface area contributed by atoms with Gasteiger partial charge in [0.1, 0.15) is 11.8 Å². The maximum Gasteiger partial charge on any atom is 0.163 e. The Morgan fingerprint density at radius 1 is 1.38 bits per heavy atom. The van der Waals surface area contributed by atoms with E-state index >= 15 is 0 Å². The van der Waals surface area contributed by atoms with Gasteiger partial charge in [0.2, 0.25) is 0 Å². The average Bonchev–Trinajstić information content (AvgIpc) is 2.58. The second-order valence-corrected chi connectivity index (χ2v) is 3.09. The average molecular weight is 197 g/mol. The number of fused-ring (bicyclic) bond motifs is 1. The van der Waals surface area contributed by atoms with Crippen molar-refractivity contribution in [3.05, 3.63) is 18.9 Å². The van der Waals surface area contributed by atoms with Gasteiger partial charge in [-0.2, -0.15) is 0 Å². The summed E-state index contributed by atoms with van der Waals surface area (Å²) in [6.07, 6.45) is 5.93. The highest BCUT2D eigenvalue weighted by Gasteiger charge is 2.01. The van der Waals surface area contributed by atoms with Crippen LogP contribution < -0.4 is 0 Å². The first-order valence-electron chi connectivity index (χ1n) is 4.08. The highest BCUT2D eigenvalue weighted by atomic mass is 35.5. The number of halogens is 1. The van der Waals surface area contributed by atoms with Crippen LogP contribution >= 0.6 is 11.6 Å². The fourth-order valence-corrected chi connectivity index (χ4v) is 1.33. The lowest BCUT2D eigenvalue weighted by atomic mass is 10.4. The van der Waals surface area contributed by atoms with Crippen LogP contribution in [0.15, 0.2) is 18.9 Å². The maximum atomic E-state index is 5.60. The van der Waals surface area contributed by atoms with Crippen LogP contribution in [0.2, 0.25) is 0 Å². The first kappa shape index (κ1) is 8.44. The van der Waals surface area contributed by atoms with Gasteiger partial charge in [0.15, 0.2) is 5.65 Å². The summed E-state index contributed by atoms with van der Waals surface area (Å²) in [5, 5.41) is 0. The van der Waals surface area contributed by atoms with Crippen LogP contribution in [0.3, 0.4) is 0 Å². The van der Waals surface area contributed by atoms with E-state index in [0.717, 1.165) is 24.1 Å². The highest BCUT2D eigenvalue weighted by Crippen LogP contribution is 2.07. The fourth-order valence-electron chi connectivity index (χ4n) is 1.21. The SMILES string of the molecule is ClCCCn1cnc2cncnc21. The van der Waals surface area contributed by atoms with Crippen molar-refractivity contribution in [1.29, 1.82) is 0 Å². The molecule has 68 valence electrons. The van der Waals surface area contributed by atoms with Gasteiger partial charge in [0.25, 0.3) is 0 Å². The Kier molecular flexibility index (Phi) is 2.40. The lowest BCUT2D eigenvalue weighted by molar-refractivity contribution is 0.694. The predicted molar refractivity (Wildman–Crippen MR) is 50.7 cm³/mol. The molecule has 2 heterocycles. The molecule has 0 saturated heterocycles. The molecule has 0 amide bonds. The molecule has 0 bridgehead atoms. The molecule has 0 atom stereocenters. The van der Waals surface area contributed by atoms with E-state index in [2.05, 4.69) is 15.0 Å². The third kappa shape index (κ3) is 1.62. The second-order valence-electron chi connectivity index (χ2n) is 2.71. The van der Waals surface area contributed by atoms with Crippen molar-refractivity contribution in [2.24, 2.45) is 0 Å². The Morgan fingerprint density at radius 3 is 3.15 bits per heavy atom. The van der Waals surface area contributed by atoms with E-state index < -0.39 is 0 Å². The Morgan fingerprint density at radius 2 is 2.31 bits per heavy atom. The molecule has 0 aliphatic rings. The standard InChI is InChI=1S/C8H9ClN4/c9-2-1-3-13-6-12-7-4-10-5-11-8(7)13/h4-6H,1-3H2. The molecule has 13 heavy (non-hydrogen) atoms. The number of rotatable bonds is 3. The monoisotopic (exact) mass is 196 g/mol. The summed E-state index contributed by atoms with van der Waals surface area (Å²) >= 11 is 5.60. The molecule has 0 unspecified atom stereocenters. The van der Waals surface area contributed by atoms with Gasteiger partial charge >= 0.3 is 0 Å². The zero-order valence-corrected chi connectivity index (χ0v) is 7.78. The van der Waals surface area contributed by atoms with E-state index in [0.29, 0.717) is 5.88 Å². The first-order valence-corrected chi connectivity index (χ1v) is 4.62. The van der Waals surface area contributed by atoms with Gasteiger partial charge in [-0.1, -0.05) is 0 Å². The van der Waals surface area contributed by atoms with Crippen LogP contribution in [0.5, 0.6) is 0 Å². The minimum absolute atomic E-state index is 0.657. The van der Waals surface area contributed by atoms with Crippen LogP contribution in [-0.4, -0.2) is 25.4 Å². The van der Waals surface area contributed by atoms with Crippen LogP contribution in [0.1, 0.15) is 6.42 Å². The van der Waals surface area contributed by atoms with Crippen LogP contribution in [0.25, 0.3) is 11.2 Å². The van der Waals surface area contributed by atoms with Crippen molar-refractivity contribution in [3.8, 4) is 0 Å². The molecular weight excluding hydrogens is 188 g/mol. The Bertz CT molecular complexity index is 398. The largest absolute Gasteiger partial charge is 0.315 e. The molecule has 5 heteroatoms. The number of alkyl halides is 1. The zero-order chi connectivity index (χ0) is 9.10. The zero-order valence-electron chi connectivity index (χ0n) is 7.02. The van der Waals surface area contributed by atoms with Gasteiger partial charge in [-0.3, -0.25) is 0 Å². The van der Waals surface area contributed by atoms with Gasteiger partial charge < -0.3 is 4.57 Å². The minimum Gasteiger partial charge on any atom is -0.315 e. The van der Waals surface area contributed by atoms with Crippen molar-refractivity contribution in [1.82, 2.24) is 19.5 Å². The Labute approximate surface area is 80.6 Å². The summed E-state index contributed by atoms with van der Waals surface area (Å²) in [6.45, 7) is 0.858. The summed E-state index contributed by atoms with van der Waals surface area (Å²) < 4.78 is 1.99. The van der Waals surface area contributed by atoms with E-state index in [9.17, 15) is 0 Å². The summed E-state index contributed by atoms with van der Waals surface area (Å²) in [5.74, 6) is 0.657. The first-order chi connectivity index (χ1) is 6.42. The second kappa shape index (κ2) is 3.70. The summed E-state index contributed by atoms with van der Waals surface area (Å²) in [5.41, 5.74) is 1.71. The molecule has 4 nitrogen and oxygen atoms in total. The smallest absolute Gasteiger partial charge is 0.163 e. The van der Waals surface area contributed by atoms with Crippen molar-refractivity contribution in [3.63, 3.8) is 0 Å². The molecule has 0 aliphatic carbocycles. The molecule has 0 saturated carbocycles. The number of aromatic nitrogens is 4. The number of imidazole rings is 1. The molecule has 0 aliphatic heterocycles. The lowest BCUT2D eigenvalue weighted by Gasteiger charge is -1.99. The fraction of sp³-hybridized carbons (Fsp3) is 0.375. The van der Waals surface area contributed by atoms with Gasteiger partial charge in [-0.15, -0.1) is 11.6 Å². The number of nitrogens with zero attached hydrogens (tertiary/aromatic N) is 4. The van der Waals surface area contributed by atoms with Crippen LogP contribution in [0, 0.1) is 0 Å². The van der Waals surface area contributed by atoms with Crippen molar-refractivity contribution >= 4 is 22.8 Å². The Hall–Kier alpha value is -1.16. The molecule has 0 fully saturated rings. The van der Waals surface area contributed by atoms with Gasteiger partial charge in [-0.25, -0.2) is 15.0 Å². The van der Waals surface area contributed by atoms with Crippen molar-refractivity contribution < 1.29 is 0 Å². The topological polar surface area (TPSA) is 43.6 Å². The van der Waals surface area contributed by atoms with Crippen molar-refractivity contribution in [2.75, 3.05) is 5.88 Å². The number of hydrogen-bond donors (Lipinski definition) is 0. The quantitative estimate of drug-likeness (QED) is 0.698. The van der Waals surface area contributed by atoms with E-state index in [1.807, 2.05) is 4.57 Å². The Balaban J connectivity index is 2.35. The molecule has 2 aromatic heterocycles. The normalized spacial score (nSPS) is 10.8. The highest BCUT2D eigenvalue weighted by molar-refractivity contribution is 6.17. The van der Waals surface area contributed by atoms with Gasteiger partial charge in [0, 0.05) is 12.4 Å². The van der Waals surface area contributed by atoms with E-state index in [1.54, 1.807) is 12.5 Å². The minimum atomic E-state index is 0.657. The summed E-state index contributed by atoms with van der Waals surface area (Å²) in [4.78, 5) is 12.2. The molecule has 0 radical (unpaired) electrons. The number of hydrogen-bond acceptors (Lipinski definition) is 3. The molecule has 2 rings (SSSR count). The summed E-state index contributed by atoms with van der Waals surface area (Å²) in [7, 11) is 0. The third-order valence-electron chi connectivity index (χ3n) is 1.81. The van der Waals surface area contributed by atoms with Gasteiger partial charge in [0.05, 0.1) is 12.5 Å². The van der Waals surface area contributed by atoms with Gasteiger partial charge in [-0.05, 0) is 6.42 Å².